The number of methoxy groups -OCH3 is 4. The number of carbonyl (C=O) groups excluding carboxylic acids is 2. The van der Waals surface area contributed by atoms with Gasteiger partial charge in [0.15, 0.2) is 23.0 Å². The van der Waals surface area contributed by atoms with Gasteiger partial charge in [0.25, 0.3) is 11.7 Å². The lowest BCUT2D eigenvalue weighted by atomic mass is 9.94. The average Bonchev–Trinajstić information content (AvgIpc) is 3.22. The van der Waals surface area contributed by atoms with E-state index in [1.807, 2.05) is 6.92 Å². The lowest BCUT2D eigenvalue weighted by Crippen LogP contribution is -2.29. The highest BCUT2D eigenvalue weighted by Gasteiger charge is 2.47. The largest absolute Gasteiger partial charge is 0.507 e. The molecular formula is C29H27Cl2NO8. The van der Waals surface area contributed by atoms with Gasteiger partial charge in [-0.05, 0) is 42.8 Å². The molecule has 40 heavy (non-hydrogen) atoms. The van der Waals surface area contributed by atoms with Crippen LogP contribution in [0.15, 0.2) is 54.1 Å². The predicted molar refractivity (Wildman–Crippen MR) is 152 cm³/mol. The van der Waals surface area contributed by atoms with E-state index < -0.39 is 23.5 Å². The van der Waals surface area contributed by atoms with Gasteiger partial charge < -0.3 is 28.8 Å². The summed E-state index contributed by atoms with van der Waals surface area (Å²) >= 11 is 12.8. The minimum Gasteiger partial charge on any atom is -0.507 e. The van der Waals surface area contributed by atoms with Crippen molar-refractivity contribution in [3.8, 4) is 28.7 Å². The van der Waals surface area contributed by atoms with Crippen LogP contribution in [0.25, 0.3) is 5.76 Å². The van der Waals surface area contributed by atoms with Crippen molar-refractivity contribution in [3.05, 3.63) is 75.3 Å². The zero-order valence-corrected chi connectivity index (χ0v) is 23.9. The monoisotopic (exact) mass is 587 g/mol. The number of ketones is 1. The third-order valence-corrected chi connectivity index (χ3v) is 7.00. The summed E-state index contributed by atoms with van der Waals surface area (Å²) < 4.78 is 27.2. The van der Waals surface area contributed by atoms with Crippen molar-refractivity contribution in [2.75, 3.05) is 39.9 Å². The van der Waals surface area contributed by atoms with E-state index in [0.29, 0.717) is 35.1 Å². The second kappa shape index (κ2) is 12.0. The molecule has 0 radical (unpaired) electrons. The van der Waals surface area contributed by atoms with Crippen LogP contribution in [0.2, 0.25) is 10.0 Å². The van der Waals surface area contributed by atoms with Crippen LogP contribution in [0.5, 0.6) is 28.7 Å². The van der Waals surface area contributed by atoms with E-state index >= 15 is 0 Å². The fraction of sp³-hybridized carbons (Fsp3) is 0.241. The molecule has 1 aliphatic heterocycles. The van der Waals surface area contributed by atoms with Crippen LogP contribution in [0.3, 0.4) is 0 Å². The number of hydrogen-bond acceptors (Lipinski definition) is 8. The van der Waals surface area contributed by atoms with Gasteiger partial charge >= 0.3 is 0 Å². The number of benzene rings is 3. The van der Waals surface area contributed by atoms with Crippen LogP contribution in [0.1, 0.15) is 24.1 Å². The number of nitrogens with zero attached hydrogens (tertiary/aromatic N) is 1. The molecular weight excluding hydrogens is 561 g/mol. The third-order valence-electron chi connectivity index (χ3n) is 6.37. The predicted octanol–water partition coefficient (Wildman–Crippen LogP) is 6.05. The summed E-state index contributed by atoms with van der Waals surface area (Å²) in [5.74, 6) is -0.865. The lowest BCUT2D eigenvalue weighted by molar-refractivity contribution is -0.132. The van der Waals surface area contributed by atoms with Gasteiger partial charge in [-0.15, -0.1) is 0 Å². The molecule has 1 heterocycles. The molecule has 0 aliphatic carbocycles. The molecule has 3 aromatic carbocycles. The number of Topliss-reactive ketones (excluding diaryl/α,β-unsaturated/α-hetero) is 1. The van der Waals surface area contributed by atoms with Gasteiger partial charge in [-0.3, -0.25) is 14.5 Å². The summed E-state index contributed by atoms with van der Waals surface area (Å²) in [5, 5.41) is 11.7. The number of rotatable bonds is 9. The Balaban J connectivity index is 2.04. The number of halogens is 2. The van der Waals surface area contributed by atoms with E-state index in [2.05, 4.69) is 0 Å². The molecule has 0 aromatic heterocycles. The number of aliphatic hydroxyl groups is 1. The number of amides is 1. The Morgan fingerprint density at radius 2 is 1.62 bits per heavy atom. The molecule has 9 nitrogen and oxygen atoms in total. The minimum absolute atomic E-state index is 0.00508. The first kappa shape index (κ1) is 28.9. The van der Waals surface area contributed by atoms with Gasteiger partial charge in [-0.25, -0.2) is 0 Å². The molecule has 1 atom stereocenters. The SMILES string of the molecule is CCOc1cc(C2/C(=C(\O)c3cc(Cl)c(OC)c(Cl)c3OC)C(=O)C(=O)N2c2cccc(OC)c2)ccc1OC. The summed E-state index contributed by atoms with van der Waals surface area (Å²) in [5.41, 5.74) is 0.635. The van der Waals surface area contributed by atoms with Crippen LogP contribution in [0, 0.1) is 0 Å². The zero-order chi connectivity index (χ0) is 29.1. The molecule has 0 saturated carbocycles. The molecule has 1 N–H and O–H groups in total. The summed E-state index contributed by atoms with van der Waals surface area (Å²) in [6, 6.07) is 12.0. The first-order valence-electron chi connectivity index (χ1n) is 12.1. The van der Waals surface area contributed by atoms with Crippen LogP contribution in [-0.4, -0.2) is 51.8 Å². The fourth-order valence-corrected chi connectivity index (χ4v) is 5.28. The summed E-state index contributed by atoms with van der Waals surface area (Å²) in [6.45, 7) is 2.16. The average molecular weight is 588 g/mol. The number of hydrogen-bond donors (Lipinski definition) is 1. The van der Waals surface area contributed by atoms with Crippen molar-refractivity contribution in [2.45, 2.75) is 13.0 Å². The highest BCUT2D eigenvalue weighted by Crippen LogP contribution is 2.49. The van der Waals surface area contributed by atoms with E-state index in [1.54, 1.807) is 42.5 Å². The zero-order valence-electron chi connectivity index (χ0n) is 22.4. The molecule has 1 aliphatic rings. The quantitative estimate of drug-likeness (QED) is 0.183. The fourth-order valence-electron chi connectivity index (χ4n) is 4.60. The van der Waals surface area contributed by atoms with Crippen molar-refractivity contribution in [1.29, 1.82) is 0 Å². The number of carbonyl (C=O) groups is 2. The minimum atomic E-state index is -1.08. The first-order chi connectivity index (χ1) is 19.2. The van der Waals surface area contributed by atoms with E-state index in [4.69, 9.17) is 46.9 Å². The number of aliphatic hydroxyl groups excluding tert-OH is 1. The summed E-state index contributed by atoms with van der Waals surface area (Å²) in [6.07, 6.45) is 0. The Bertz CT molecular complexity index is 1500. The number of anilines is 1. The number of ether oxygens (including phenoxy) is 5. The van der Waals surface area contributed by atoms with Crippen molar-refractivity contribution in [1.82, 2.24) is 0 Å². The van der Waals surface area contributed by atoms with E-state index in [0.717, 1.165) is 0 Å². The Labute approximate surface area is 241 Å². The molecule has 1 fully saturated rings. The van der Waals surface area contributed by atoms with Gasteiger partial charge in [0, 0.05) is 11.8 Å². The van der Waals surface area contributed by atoms with Crippen molar-refractivity contribution in [2.24, 2.45) is 0 Å². The Morgan fingerprint density at radius 3 is 2.25 bits per heavy atom. The first-order valence-corrected chi connectivity index (χ1v) is 12.8. The molecule has 0 bridgehead atoms. The Kier molecular flexibility index (Phi) is 8.66. The molecule has 1 saturated heterocycles. The Hall–Kier alpha value is -4.08. The smallest absolute Gasteiger partial charge is 0.300 e. The maximum absolute atomic E-state index is 13.6. The third kappa shape index (κ3) is 4.98. The highest BCUT2D eigenvalue weighted by molar-refractivity contribution is 6.52. The lowest BCUT2D eigenvalue weighted by Gasteiger charge is -2.26. The second-order valence-corrected chi connectivity index (χ2v) is 9.29. The van der Waals surface area contributed by atoms with Crippen molar-refractivity contribution < 1.29 is 38.4 Å². The normalized spacial score (nSPS) is 16.2. The highest BCUT2D eigenvalue weighted by atomic mass is 35.5. The van der Waals surface area contributed by atoms with Gasteiger partial charge in [-0.1, -0.05) is 35.3 Å². The second-order valence-electron chi connectivity index (χ2n) is 8.50. The summed E-state index contributed by atoms with van der Waals surface area (Å²) in [4.78, 5) is 28.5. The van der Waals surface area contributed by atoms with Crippen LogP contribution in [0.4, 0.5) is 5.69 Å². The van der Waals surface area contributed by atoms with Gasteiger partial charge in [-0.2, -0.15) is 0 Å². The molecule has 1 unspecified atom stereocenters. The van der Waals surface area contributed by atoms with Gasteiger partial charge in [0.2, 0.25) is 0 Å². The summed E-state index contributed by atoms with van der Waals surface area (Å²) in [7, 11) is 5.72. The van der Waals surface area contributed by atoms with E-state index in [1.165, 1.54) is 39.4 Å². The maximum Gasteiger partial charge on any atom is 0.300 e. The molecule has 4 rings (SSSR count). The maximum atomic E-state index is 13.6. The van der Waals surface area contributed by atoms with Crippen molar-refractivity contribution in [3.63, 3.8) is 0 Å². The topological polar surface area (TPSA) is 104 Å². The van der Waals surface area contributed by atoms with Gasteiger partial charge in [0.1, 0.15) is 16.5 Å². The van der Waals surface area contributed by atoms with Gasteiger partial charge in [0.05, 0.1) is 57.2 Å². The van der Waals surface area contributed by atoms with Crippen LogP contribution in [-0.2, 0) is 9.59 Å². The standard InChI is InChI=1S/C29H27Cl2NO8/c1-6-40-21-12-15(10-11-20(21)37-3)24-22(25(33)18-14-19(30)28(39-5)23(31)27(18)38-4)26(34)29(35)32(24)16-8-7-9-17(13-16)36-2/h7-14,24,33H,6H2,1-5H3/b25-22+. The van der Waals surface area contributed by atoms with E-state index in [-0.39, 0.29) is 32.7 Å². The van der Waals surface area contributed by atoms with Crippen molar-refractivity contribution >= 4 is 46.3 Å². The molecule has 3 aromatic rings. The molecule has 210 valence electrons. The molecule has 11 heteroatoms. The van der Waals surface area contributed by atoms with Crippen LogP contribution >= 0.6 is 23.2 Å². The van der Waals surface area contributed by atoms with E-state index in [9.17, 15) is 14.7 Å². The molecule has 0 spiro atoms. The molecule has 1 amide bonds. The van der Waals surface area contributed by atoms with Crippen LogP contribution < -0.4 is 28.6 Å². The Morgan fingerprint density at radius 1 is 0.900 bits per heavy atom.